The lowest BCUT2D eigenvalue weighted by atomic mass is 9.77. The van der Waals surface area contributed by atoms with Crippen LogP contribution in [0.2, 0.25) is 0 Å². The third-order valence-electron chi connectivity index (χ3n) is 6.42. The lowest BCUT2D eigenvalue weighted by Crippen LogP contribution is -2.48. The van der Waals surface area contributed by atoms with Crippen molar-refractivity contribution in [1.29, 1.82) is 0 Å². The lowest BCUT2D eigenvalue weighted by Gasteiger charge is -2.41. The maximum absolute atomic E-state index is 12.8. The van der Waals surface area contributed by atoms with Crippen LogP contribution in [0, 0.1) is 0 Å². The summed E-state index contributed by atoms with van der Waals surface area (Å²) in [4.78, 5) is 0. The third-order valence-corrected chi connectivity index (χ3v) is 6.42. The topological polar surface area (TPSA) is 39.7 Å². The van der Waals surface area contributed by atoms with E-state index in [4.69, 9.17) is 9.47 Å². The van der Waals surface area contributed by atoms with Crippen LogP contribution in [-0.2, 0) is 4.74 Å². The molecule has 166 valence electrons. The predicted octanol–water partition coefficient (Wildman–Crippen LogP) is 5.49. The summed E-state index contributed by atoms with van der Waals surface area (Å²) in [6.45, 7) is 1.36. The Morgan fingerprint density at radius 3 is 2.61 bits per heavy atom. The second-order valence-electron chi connectivity index (χ2n) is 8.74. The van der Waals surface area contributed by atoms with Crippen LogP contribution in [0.25, 0.3) is 0 Å². The number of hydrogen-bond donors (Lipinski definition) is 1. The molecule has 1 saturated carbocycles. The number of alkyl halides is 3. The second kappa shape index (κ2) is 8.02. The fourth-order valence-corrected chi connectivity index (χ4v) is 4.92. The first-order chi connectivity index (χ1) is 14.9. The van der Waals surface area contributed by atoms with Gasteiger partial charge in [-0.2, -0.15) is 0 Å². The van der Waals surface area contributed by atoms with Gasteiger partial charge >= 0.3 is 6.36 Å². The summed E-state index contributed by atoms with van der Waals surface area (Å²) in [5.41, 5.74) is 1.52. The second-order valence-corrected chi connectivity index (χ2v) is 8.74. The monoisotopic (exact) mass is 433 g/mol. The molecule has 3 atom stereocenters. The Morgan fingerprint density at radius 1 is 1.06 bits per heavy atom. The molecule has 2 aromatic carbocycles. The SMILES string of the molecule is FC(F)(F)Oc1ccc(OC2CC2)c(C2CO[C@]3(CCCN[C@H]3c3ccccc3)C2)c1. The van der Waals surface area contributed by atoms with Crippen LogP contribution in [0.4, 0.5) is 13.2 Å². The fraction of sp³-hybridized carbons (Fsp3) is 0.500. The molecule has 31 heavy (non-hydrogen) atoms. The summed E-state index contributed by atoms with van der Waals surface area (Å²) in [7, 11) is 0. The van der Waals surface area contributed by atoms with Crippen molar-refractivity contribution in [3.8, 4) is 11.5 Å². The highest BCUT2D eigenvalue weighted by Gasteiger charge is 2.49. The van der Waals surface area contributed by atoms with Gasteiger partial charge in [0.05, 0.1) is 24.4 Å². The molecule has 3 fully saturated rings. The van der Waals surface area contributed by atoms with Gasteiger partial charge in [0.1, 0.15) is 11.5 Å². The standard InChI is InChI=1S/C24H26F3NO3/c25-24(26,27)31-19-9-10-21(30-18-7-8-18)20(13-19)17-14-23(29-15-17)11-4-12-28-22(23)16-5-2-1-3-6-16/h1-3,5-6,9-10,13,17-18,22,28H,4,7-8,11-12,14-15H2/t17?,22-,23+/m0/s1. The molecule has 4 nitrogen and oxygen atoms in total. The van der Waals surface area contributed by atoms with E-state index >= 15 is 0 Å². The van der Waals surface area contributed by atoms with Gasteiger partial charge in [0, 0.05) is 11.5 Å². The lowest BCUT2D eigenvalue weighted by molar-refractivity contribution is -0.274. The van der Waals surface area contributed by atoms with E-state index in [1.165, 1.54) is 17.7 Å². The van der Waals surface area contributed by atoms with E-state index in [2.05, 4.69) is 22.2 Å². The highest BCUT2D eigenvalue weighted by atomic mass is 19.4. The van der Waals surface area contributed by atoms with Crippen LogP contribution < -0.4 is 14.8 Å². The number of piperidine rings is 1. The molecule has 0 amide bonds. The van der Waals surface area contributed by atoms with E-state index in [1.54, 1.807) is 6.07 Å². The average molecular weight is 433 g/mol. The summed E-state index contributed by atoms with van der Waals surface area (Å²) in [5.74, 6) is 0.368. The van der Waals surface area contributed by atoms with E-state index < -0.39 is 6.36 Å². The highest BCUT2D eigenvalue weighted by Crippen LogP contribution is 2.50. The van der Waals surface area contributed by atoms with E-state index in [9.17, 15) is 13.2 Å². The van der Waals surface area contributed by atoms with Gasteiger partial charge in [0.15, 0.2) is 0 Å². The molecule has 3 aliphatic rings. The van der Waals surface area contributed by atoms with Crippen molar-refractivity contribution in [2.75, 3.05) is 13.2 Å². The number of benzene rings is 2. The molecule has 5 rings (SSSR count). The van der Waals surface area contributed by atoms with Crippen molar-refractivity contribution in [3.05, 3.63) is 59.7 Å². The molecule has 2 aliphatic heterocycles. The Hall–Kier alpha value is -2.25. The quantitative estimate of drug-likeness (QED) is 0.677. The number of ether oxygens (including phenoxy) is 3. The van der Waals surface area contributed by atoms with Crippen LogP contribution in [0.15, 0.2) is 48.5 Å². The molecule has 1 unspecified atom stereocenters. The molecule has 0 radical (unpaired) electrons. The van der Waals surface area contributed by atoms with Crippen LogP contribution in [0.1, 0.15) is 55.2 Å². The minimum Gasteiger partial charge on any atom is -0.490 e. The Bertz CT molecular complexity index is 916. The maximum Gasteiger partial charge on any atom is 0.573 e. The Labute approximate surface area is 179 Å². The summed E-state index contributed by atoms with van der Waals surface area (Å²) in [6.07, 6.45) is 0.00624. The average Bonchev–Trinajstić information content (AvgIpc) is 3.47. The zero-order valence-electron chi connectivity index (χ0n) is 17.2. The predicted molar refractivity (Wildman–Crippen MR) is 109 cm³/mol. The number of nitrogens with one attached hydrogen (secondary N) is 1. The maximum atomic E-state index is 12.8. The molecular formula is C24H26F3NO3. The first-order valence-corrected chi connectivity index (χ1v) is 10.9. The van der Waals surface area contributed by atoms with Crippen molar-refractivity contribution >= 4 is 0 Å². The molecule has 1 spiro atoms. The minimum atomic E-state index is -4.73. The van der Waals surface area contributed by atoms with Gasteiger partial charge in [-0.3, -0.25) is 0 Å². The van der Waals surface area contributed by atoms with Crippen LogP contribution in [0.5, 0.6) is 11.5 Å². The largest absolute Gasteiger partial charge is 0.573 e. The summed E-state index contributed by atoms with van der Waals surface area (Å²) in [6, 6.07) is 14.7. The van der Waals surface area contributed by atoms with E-state index in [0.717, 1.165) is 44.2 Å². The Morgan fingerprint density at radius 2 is 1.87 bits per heavy atom. The first kappa shape index (κ1) is 20.6. The van der Waals surface area contributed by atoms with E-state index in [0.29, 0.717) is 12.4 Å². The van der Waals surface area contributed by atoms with Gasteiger partial charge in [-0.1, -0.05) is 30.3 Å². The van der Waals surface area contributed by atoms with Gasteiger partial charge in [0.2, 0.25) is 0 Å². The molecular weight excluding hydrogens is 407 g/mol. The Balaban J connectivity index is 1.44. The molecule has 1 aliphatic carbocycles. The van der Waals surface area contributed by atoms with E-state index in [-0.39, 0.29) is 29.4 Å². The Kier molecular flexibility index (Phi) is 5.34. The normalized spacial score (nSPS) is 28.6. The summed E-state index contributed by atoms with van der Waals surface area (Å²) < 4.78 is 55.1. The van der Waals surface area contributed by atoms with Crippen molar-refractivity contribution in [2.45, 2.75) is 62.1 Å². The molecule has 0 aromatic heterocycles. The number of hydrogen-bond acceptors (Lipinski definition) is 4. The zero-order chi connectivity index (χ0) is 21.5. The highest BCUT2D eigenvalue weighted by molar-refractivity contribution is 5.44. The molecule has 2 heterocycles. The van der Waals surface area contributed by atoms with Crippen molar-refractivity contribution < 1.29 is 27.4 Å². The summed E-state index contributed by atoms with van der Waals surface area (Å²) >= 11 is 0. The van der Waals surface area contributed by atoms with Crippen molar-refractivity contribution in [3.63, 3.8) is 0 Å². The third kappa shape index (κ3) is 4.53. The number of halogens is 3. The summed E-state index contributed by atoms with van der Waals surface area (Å²) in [5, 5.41) is 3.61. The smallest absolute Gasteiger partial charge is 0.490 e. The molecule has 7 heteroatoms. The van der Waals surface area contributed by atoms with Gasteiger partial charge in [-0.25, -0.2) is 0 Å². The van der Waals surface area contributed by atoms with Crippen LogP contribution in [-0.4, -0.2) is 31.2 Å². The fourth-order valence-electron chi connectivity index (χ4n) is 4.92. The number of rotatable bonds is 5. The minimum absolute atomic E-state index is 0.0508. The first-order valence-electron chi connectivity index (χ1n) is 10.9. The molecule has 0 bridgehead atoms. The molecule has 2 saturated heterocycles. The van der Waals surface area contributed by atoms with Crippen molar-refractivity contribution in [2.24, 2.45) is 0 Å². The van der Waals surface area contributed by atoms with Gasteiger partial charge in [-0.05, 0) is 62.4 Å². The van der Waals surface area contributed by atoms with Crippen molar-refractivity contribution in [1.82, 2.24) is 5.32 Å². The van der Waals surface area contributed by atoms with Gasteiger partial charge in [-0.15, -0.1) is 13.2 Å². The van der Waals surface area contributed by atoms with E-state index in [1.807, 2.05) is 18.2 Å². The van der Waals surface area contributed by atoms with Gasteiger partial charge < -0.3 is 19.5 Å². The van der Waals surface area contributed by atoms with Gasteiger partial charge in [0.25, 0.3) is 0 Å². The van der Waals surface area contributed by atoms with Crippen LogP contribution in [0.3, 0.4) is 0 Å². The molecule has 2 aromatic rings. The van der Waals surface area contributed by atoms with Crippen LogP contribution >= 0.6 is 0 Å². The molecule has 1 N–H and O–H groups in total. The zero-order valence-corrected chi connectivity index (χ0v) is 17.2.